The molecule has 0 heterocycles. The molecule has 2 unspecified atom stereocenters. The molecule has 0 spiro atoms. The van der Waals surface area contributed by atoms with Gasteiger partial charge in [-0.05, 0) is 11.1 Å². The van der Waals surface area contributed by atoms with Crippen LogP contribution in [0.3, 0.4) is 0 Å². The molecule has 86 valence electrons. The smallest absolute Gasteiger partial charge is 0.249 e. The molecule has 1 aliphatic carbocycles. The molecule has 0 saturated carbocycles. The van der Waals surface area contributed by atoms with Crippen LogP contribution in [0.15, 0.2) is 24.3 Å². The van der Waals surface area contributed by atoms with Crippen molar-refractivity contribution in [3.63, 3.8) is 0 Å². The van der Waals surface area contributed by atoms with E-state index in [2.05, 4.69) is 15.9 Å². The van der Waals surface area contributed by atoms with E-state index in [1.54, 1.807) is 12.1 Å². The minimum Gasteiger partial charge on any atom is -0.304 e. The van der Waals surface area contributed by atoms with Crippen molar-refractivity contribution in [3.05, 3.63) is 45.5 Å². The summed E-state index contributed by atoms with van der Waals surface area (Å²) in [6, 6.07) is 6.33. The van der Waals surface area contributed by atoms with Crippen molar-refractivity contribution >= 4 is 15.9 Å². The Balaban J connectivity index is 2.56. The van der Waals surface area contributed by atoms with Gasteiger partial charge in [-0.15, -0.1) is 0 Å². The molecule has 0 aliphatic heterocycles. The van der Waals surface area contributed by atoms with Crippen molar-refractivity contribution in [1.29, 1.82) is 0 Å². The van der Waals surface area contributed by atoms with Crippen LogP contribution in [0.4, 0.5) is 0 Å². The number of nitrogens with two attached hydrogens (primary N) is 2. The number of benzene rings is 1. The normalized spacial score (nSPS) is 27.2. The first-order chi connectivity index (χ1) is 7.44. The quantitative estimate of drug-likeness (QED) is 0.351. The predicted octanol–water partition coefficient (Wildman–Crippen LogP) is 1.24. The number of halogens is 1. The Hall–Kier alpha value is -0.980. The van der Waals surface area contributed by atoms with Crippen molar-refractivity contribution in [3.8, 4) is 0 Å². The third-order valence-electron chi connectivity index (χ3n) is 3.00. The highest BCUT2D eigenvalue weighted by atomic mass is 79.9. The van der Waals surface area contributed by atoms with E-state index in [-0.39, 0.29) is 4.83 Å². The van der Waals surface area contributed by atoms with Crippen LogP contribution in [0.5, 0.6) is 0 Å². The average Bonchev–Trinajstić information content (AvgIpc) is 2.23. The van der Waals surface area contributed by atoms with Crippen LogP contribution in [-0.2, 0) is 5.66 Å². The van der Waals surface area contributed by atoms with Gasteiger partial charge in [0.25, 0.3) is 0 Å². The minimum atomic E-state index is -1.40. The predicted molar refractivity (Wildman–Crippen MR) is 63.6 cm³/mol. The fourth-order valence-corrected chi connectivity index (χ4v) is 2.88. The summed E-state index contributed by atoms with van der Waals surface area (Å²) in [5.41, 5.74) is 12.0. The SMILES string of the molecule is NC1(N)c2ccccc2C(Br)CC1[N+](=O)[O-]. The van der Waals surface area contributed by atoms with Gasteiger partial charge in [-0.3, -0.25) is 10.1 Å². The maximum Gasteiger partial charge on any atom is 0.249 e. The molecule has 1 aromatic rings. The topological polar surface area (TPSA) is 95.2 Å². The van der Waals surface area contributed by atoms with Crippen LogP contribution in [-0.4, -0.2) is 11.0 Å². The van der Waals surface area contributed by atoms with Gasteiger partial charge in [-0.1, -0.05) is 40.2 Å². The summed E-state index contributed by atoms with van der Waals surface area (Å²) in [6.45, 7) is 0. The lowest BCUT2D eigenvalue weighted by Crippen LogP contribution is -2.61. The molecule has 6 heteroatoms. The highest BCUT2D eigenvalue weighted by molar-refractivity contribution is 9.09. The summed E-state index contributed by atoms with van der Waals surface area (Å²) in [5.74, 6) is 0. The summed E-state index contributed by atoms with van der Waals surface area (Å²) < 4.78 is 0. The number of fused-ring (bicyclic) bond motifs is 1. The molecule has 5 nitrogen and oxygen atoms in total. The highest BCUT2D eigenvalue weighted by Crippen LogP contribution is 2.41. The number of hydrogen-bond acceptors (Lipinski definition) is 4. The van der Waals surface area contributed by atoms with Crippen molar-refractivity contribution in [2.24, 2.45) is 11.5 Å². The molecule has 1 aliphatic rings. The Labute approximate surface area is 101 Å². The van der Waals surface area contributed by atoms with E-state index in [0.717, 1.165) is 5.56 Å². The van der Waals surface area contributed by atoms with Crippen LogP contribution in [0.1, 0.15) is 22.4 Å². The lowest BCUT2D eigenvalue weighted by atomic mass is 9.80. The lowest BCUT2D eigenvalue weighted by Gasteiger charge is -2.36. The molecule has 2 rings (SSSR count). The van der Waals surface area contributed by atoms with Crippen molar-refractivity contribution in [1.82, 2.24) is 0 Å². The molecule has 2 atom stereocenters. The Morgan fingerprint density at radius 3 is 2.69 bits per heavy atom. The number of alkyl halides is 1. The first-order valence-electron chi connectivity index (χ1n) is 4.89. The molecular weight excluding hydrogens is 274 g/mol. The Morgan fingerprint density at radius 2 is 2.06 bits per heavy atom. The minimum absolute atomic E-state index is 0.0701. The molecule has 0 saturated heterocycles. The zero-order chi connectivity index (χ0) is 11.9. The third kappa shape index (κ3) is 1.63. The molecule has 0 radical (unpaired) electrons. The van der Waals surface area contributed by atoms with E-state index in [0.29, 0.717) is 12.0 Å². The second-order valence-electron chi connectivity index (χ2n) is 4.02. The van der Waals surface area contributed by atoms with Crippen LogP contribution < -0.4 is 11.5 Å². The lowest BCUT2D eigenvalue weighted by molar-refractivity contribution is -0.537. The number of rotatable bonds is 1. The Morgan fingerprint density at radius 1 is 1.44 bits per heavy atom. The highest BCUT2D eigenvalue weighted by Gasteiger charge is 2.48. The molecule has 0 fully saturated rings. The fraction of sp³-hybridized carbons (Fsp3) is 0.400. The summed E-state index contributed by atoms with van der Waals surface area (Å²) in [4.78, 5) is 10.5. The Bertz CT molecular complexity index is 436. The van der Waals surface area contributed by atoms with E-state index in [1.807, 2.05) is 12.1 Å². The second kappa shape index (κ2) is 3.80. The number of hydrogen-bond donors (Lipinski definition) is 2. The molecule has 1 aromatic carbocycles. The van der Waals surface area contributed by atoms with Gasteiger partial charge in [0.2, 0.25) is 6.04 Å². The number of nitrogens with zero attached hydrogens (tertiary/aromatic N) is 1. The Kier molecular flexibility index (Phi) is 2.73. The molecule has 0 amide bonds. The average molecular weight is 286 g/mol. The number of nitro groups is 1. The van der Waals surface area contributed by atoms with Crippen molar-refractivity contribution in [2.45, 2.75) is 23.0 Å². The van der Waals surface area contributed by atoms with Gasteiger partial charge < -0.3 is 11.5 Å². The zero-order valence-electron chi connectivity index (χ0n) is 8.47. The molecular formula is C10H12BrN3O2. The molecule has 16 heavy (non-hydrogen) atoms. The summed E-state index contributed by atoms with van der Waals surface area (Å²) >= 11 is 3.43. The molecule has 4 N–H and O–H groups in total. The van der Waals surface area contributed by atoms with Gasteiger partial charge in [0.05, 0.1) is 0 Å². The third-order valence-corrected chi connectivity index (χ3v) is 3.87. The fourth-order valence-electron chi connectivity index (χ4n) is 2.12. The van der Waals surface area contributed by atoms with Crippen molar-refractivity contribution < 1.29 is 4.92 Å². The first-order valence-corrected chi connectivity index (χ1v) is 5.81. The van der Waals surface area contributed by atoms with Crippen molar-refractivity contribution in [2.75, 3.05) is 0 Å². The van der Waals surface area contributed by atoms with Gasteiger partial charge in [0.15, 0.2) is 5.66 Å². The van der Waals surface area contributed by atoms with Gasteiger partial charge in [0.1, 0.15) is 0 Å². The van der Waals surface area contributed by atoms with Gasteiger partial charge in [-0.25, -0.2) is 0 Å². The van der Waals surface area contributed by atoms with Crippen LogP contribution in [0.2, 0.25) is 0 Å². The standard InChI is InChI=1S/C10H12BrN3O2/c11-8-5-9(14(15)16)10(12,13)7-4-2-1-3-6(7)8/h1-4,8-9H,5,12-13H2. The maximum absolute atomic E-state index is 11.0. The van der Waals surface area contributed by atoms with Crippen LogP contribution in [0.25, 0.3) is 0 Å². The largest absolute Gasteiger partial charge is 0.304 e. The first kappa shape index (κ1) is 11.5. The van der Waals surface area contributed by atoms with Crippen LogP contribution >= 0.6 is 15.9 Å². The van der Waals surface area contributed by atoms with E-state index in [4.69, 9.17) is 11.5 Å². The van der Waals surface area contributed by atoms with E-state index < -0.39 is 16.6 Å². The summed E-state index contributed by atoms with van der Waals surface area (Å²) in [5, 5.41) is 11.0. The van der Waals surface area contributed by atoms with E-state index in [9.17, 15) is 10.1 Å². The molecule has 0 aromatic heterocycles. The molecule has 0 bridgehead atoms. The zero-order valence-corrected chi connectivity index (χ0v) is 10.1. The second-order valence-corrected chi connectivity index (χ2v) is 5.13. The van der Waals surface area contributed by atoms with Crippen LogP contribution in [0, 0.1) is 10.1 Å². The van der Waals surface area contributed by atoms with Gasteiger partial charge >= 0.3 is 0 Å². The van der Waals surface area contributed by atoms with E-state index in [1.165, 1.54) is 0 Å². The summed E-state index contributed by atoms with van der Waals surface area (Å²) in [7, 11) is 0. The maximum atomic E-state index is 11.0. The monoisotopic (exact) mass is 285 g/mol. The van der Waals surface area contributed by atoms with E-state index >= 15 is 0 Å². The van der Waals surface area contributed by atoms with Gasteiger partial charge in [0, 0.05) is 16.2 Å². The summed E-state index contributed by atoms with van der Waals surface area (Å²) in [6.07, 6.45) is 0.303. The van der Waals surface area contributed by atoms with Gasteiger partial charge in [-0.2, -0.15) is 0 Å².